The van der Waals surface area contributed by atoms with E-state index in [1.165, 1.54) is 28.8 Å². The number of carbonyl (C=O) groups excluding carboxylic acids is 1. The van der Waals surface area contributed by atoms with Crippen LogP contribution in [0.3, 0.4) is 0 Å². The summed E-state index contributed by atoms with van der Waals surface area (Å²) in [6, 6.07) is 14.3. The van der Waals surface area contributed by atoms with E-state index in [1.54, 1.807) is 17.4 Å². The van der Waals surface area contributed by atoms with Crippen molar-refractivity contribution in [2.45, 2.75) is 29.3 Å². The number of amides is 1. The van der Waals surface area contributed by atoms with Gasteiger partial charge in [0.2, 0.25) is 5.91 Å². The SMILES string of the molecule is O=C(NCc1cccs1)C1CCN(c2ccc(Sc3cccc(F)c3)nn2)CC1. The van der Waals surface area contributed by atoms with Crippen molar-refractivity contribution in [1.82, 2.24) is 15.5 Å². The predicted molar refractivity (Wildman–Crippen MR) is 114 cm³/mol. The molecule has 0 aliphatic carbocycles. The summed E-state index contributed by atoms with van der Waals surface area (Å²) < 4.78 is 13.3. The Morgan fingerprint density at radius 2 is 2.03 bits per heavy atom. The lowest BCUT2D eigenvalue weighted by atomic mass is 9.96. The van der Waals surface area contributed by atoms with Crippen LogP contribution in [0.5, 0.6) is 0 Å². The molecule has 0 radical (unpaired) electrons. The monoisotopic (exact) mass is 428 g/mol. The lowest BCUT2D eigenvalue weighted by molar-refractivity contribution is -0.125. The van der Waals surface area contributed by atoms with E-state index in [2.05, 4.69) is 20.4 Å². The number of halogens is 1. The molecule has 1 aliphatic rings. The molecule has 4 rings (SSSR count). The van der Waals surface area contributed by atoms with Crippen molar-refractivity contribution < 1.29 is 9.18 Å². The first kappa shape index (κ1) is 19.8. The lowest BCUT2D eigenvalue weighted by Gasteiger charge is -2.31. The first-order valence-electron chi connectivity index (χ1n) is 9.49. The predicted octanol–water partition coefficient (Wildman–Crippen LogP) is 4.36. The third-order valence-electron chi connectivity index (χ3n) is 4.85. The fourth-order valence-electron chi connectivity index (χ4n) is 3.29. The molecule has 150 valence electrons. The molecule has 0 bridgehead atoms. The van der Waals surface area contributed by atoms with Crippen molar-refractivity contribution in [3.8, 4) is 0 Å². The van der Waals surface area contributed by atoms with Crippen molar-refractivity contribution in [2.24, 2.45) is 5.92 Å². The molecule has 1 N–H and O–H groups in total. The summed E-state index contributed by atoms with van der Waals surface area (Å²) in [4.78, 5) is 16.5. The maximum absolute atomic E-state index is 13.3. The quantitative estimate of drug-likeness (QED) is 0.632. The molecule has 0 unspecified atom stereocenters. The zero-order valence-corrected chi connectivity index (χ0v) is 17.4. The topological polar surface area (TPSA) is 58.1 Å². The van der Waals surface area contributed by atoms with E-state index in [-0.39, 0.29) is 17.6 Å². The van der Waals surface area contributed by atoms with E-state index in [0.29, 0.717) is 6.54 Å². The summed E-state index contributed by atoms with van der Waals surface area (Å²) in [5.41, 5.74) is 0. The van der Waals surface area contributed by atoms with Crippen molar-refractivity contribution >= 4 is 34.8 Å². The zero-order chi connectivity index (χ0) is 20.1. The highest BCUT2D eigenvalue weighted by Gasteiger charge is 2.25. The van der Waals surface area contributed by atoms with Crippen molar-refractivity contribution in [2.75, 3.05) is 18.0 Å². The van der Waals surface area contributed by atoms with Gasteiger partial charge in [0.25, 0.3) is 0 Å². The standard InChI is InChI=1S/C21H21FN4OS2/c22-16-3-1-4-17(13-16)29-20-7-6-19(24-25-20)26-10-8-15(9-11-26)21(27)23-14-18-5-2-12-28-18/h1-7,12-13,15H,8-11,14H2,(H,23,27). The molecule has 0 atom stereocenters. The van der Waals surface area contributed by atoms with Gasteiger partial charge in [-0.05, 0) is 54.6 Å². The Balaban J connectivity index is 1.27. The van der Waals surface area contributed by atoms with Gasteiger partial charge in [-0.15, -0.1) is 21.5 Å². The smallest absolute Gasteiger partial charge is 0.223 e. The lowest BCUT2D eigenvalue weighted by Crippen LogP contribution is -2.40. The Hall–Kier alpha value is -2.45. The van der Waals surface area contributed by atoms with Crippen LogP contribution in [-0.2, 0) is 11.3 Å². The van der Waals surface area contributed by atoms with E-state index in [0.717, 1.165) is 41.7 Å². The van der Waals surface area contributed by atoms with Crippen molar-refractivity contribution in [3.05, 3.63) is 64.6 Å². The van der Waals surface area contributed by atoms with Gasteiger partial charge in [0, 0.05) is 28.8 Å². The van der Waals surface area contributed by atoms with E-state index < -0.39 is 0 Å². The van der Waals surface area contributed by atoms with Gasteiger partial charge in [0.15, 0.2) is 5.82 Å². The molecule has 29 heavy (non-hydrogen) atoms. The van der Waals surface area contributed by atoms with Gasteiger partial charge >= 0.3 is 0 Å². The number of rotatable bonds is 6. The van der Waals surface area contributed by atoms with Gasteiger partial charge in [0.1, 0.15) is 10.8 Å². The van der Waals surface area contributed by atoms with Crippen LogP contribution in [0, 0.1) is 11.7 Å². The minimum Gasteiger partial charge on any atom is -0.355 e. The third-order valence-corrected chi connectivity index (χ3v) is 6.64. The van der Waals surface area contributed by atoms with Gasteiger partial charge in [0.05, 0.1) is 6.54 Å². The minimum atomic E-state index is -0.262. The van der Waals surface area contributed by atoms with Crippen LogP contribution in [0.4, 0.5) is 10.2 Å². The second kappa shape index (κ2) is 9.37. The molecule has 0 spiro atoms. The Morgan fingerprint density at radius 3 is 2.72 bits per heavy atom. The molecule has 8 heteroatoms. The van der Waals surface area contributed by atoms with Crippen molar-refractivity contribution in [1.29, 1.82) is 0 Å². The number of hydrogen-bond donors (Lipinski definition) is 1. The van der Waals surface area contributed by atoms with E-state index in [4.69, 9.17) is 0 Å². The number of aromatic nitrogens is 2. The number of carbonyl (C=O) groups is 1. The molecule has 5 nitrogen and oxygen atoms in total. The summed E-state index contributed by atoms with van der Waals surface area (Å²) in [7, 11) is 0. The normalized spacial score (nSPS) is 14.7. The molecule has 3 aromatic rings. The molecule has 1 fully saturated rings. The molecule has 0 saturated carbocycles. The molecular formula is C21H21FN4OS2. The van der Waals surface area contributed by atoms with Crippen LogP contribution in [-0.4, -0.2) is 29.2 Å². The third kappa shape index (κ3) is 5.33. The van der Waals surface area contributed by atoms with Gasteiger partial charge in [-0.3, -0.25) is 4.79 Å². The van der Waals surface area contributed by atoms with E-state index in [9.17, 15) is 9.18 Å². The number of nitrogens with one attached hydrogen (secondary N) is 1. The van der Waals surface area contributed by atoms with Gasteiger partial charge in [-0.1, -0.05) is 23.9 Å². The van der Waals surface area contributed by atoms with Gasteiger partial charge in [-0.2, -0.15) is 0 Å². The van der Waals surface area contributed by atoms with Crippen LogP contribution in [0.15, 0.2) is 63.8 Å². The summed E-state index contributed by atoms with van der Waals surface area (Å²) >= 11 is 3.03. The van der Waals surface area contributed by atoms with Gasteiger partial charge in [-0.25, -0.2) is 4.39 Å². The molecule has 3 heterocycles. The molecule has 1 amide bonds. The minimum absolute atomic E-state index is 0.0435. The van der Waals surface area contributed by atoms with Crippen molar-refractivity contribution in [3.63, 3.8) is 0 Å². The summed E-state index contributed by atoms with van der Waals surface area (Å²) in [5.74, 6) is 0.723. The van der Waals surface area contributed by atoms with Crippen LogP contribution in [0.25, 0.3) is 0 Å². The molecule has 2 aromatic heterocycles. The van der Waals surface area contributed by atoms with E-state index in [1.807, 2.05) is 35.7 Å². The first-order valence-corrected chi connectivity index (χ1v) is 11.2. The fourth-order valence-corrected chi connectivity index (χ4v) is 4.71. The van der Waals surface area contributed by atoms with Crippen LogP contribution in [0.1, 0.15) is 17.7 Å². The number of hydrogen-bond acceptors (Lipinski definition) is 6. The van der Waals surface area contributed by atoms with Crippen LogP contribution >= 0.6 is 23.1 Å². The number of anilines is 1. The summed E-state index contributed by atoms with van der Waals surface area (Å²) in [6.45, 7) is 2.16. The number of nitrogens with zero attached hydrogens (tertiary/aromatic N) is 3. The molecular weight excluding hydrogens is 407 g/mol. The Bertz CT molecular complexity index is 942. The van der Waals surface area contributed by atoms with Crippen LogP contribution < -0.4 is 10.2 Å². The largest absolute Gasteiger partial charge is 0.355 e. The zero-order valence-electron chi connectivity index (χ0n) is 15.8. The fraction of sp³-hybridized carbons (Fsp3) is 0.286. The Labute approximate surface area is 177 Å². The molecule has 1 saturated heterocycles. The molecule has 1 aliphatic heterocycles. The van der Waals surface area contributed by atoms with E-state index >= 15 is 0 Å². The molecule has 1 aromatic carbocycles. The highest BCUT2D eigenvalue weighted by atomic mass is 32.2. The summed E-state index contributed by atoms with van der Waals surface area (Å²) in [5, 5.41) is 14.4. The summed E-state index contributed by atoms with van der Waals surface area (Å²) in [6.07, 6.45) is 1.61. The number of piperidine rings is 1. The van der Waals surface area contributed by atoms with Crippen LogP contribution in [0.2, 0.25) is 0 Å². The second-order valence-electron chi connectivity index (χ2n) is 6.85. The van der Waals surface area contributed by atoms with Gasteiger partial charge < -0.3 is 10.2 Å². The first-order chi connectivity index (χ1) is 14.2. The Morgan fingerprint density at radius 1 is 1.17 bits per heavy atom. The maximum Gasteiger partial charge on any atom is 0.223 e. The average Bonchev–Trinajstić information content (AvgIpc) is 3.26. The number of benzene rings is 1. The Kier molecular flexibility index (Phi) is 6.41. The second-order valence-corrected chi connectivity index (χ2v) is 8.97. The highest BCUT2D eigenvalue weighted by molar-refractivity contribution is 7.99. The average molecular weight is 429 g/mol. The maximum atomic E-state index is 13.3. The number of thiophene rings is 1. The highest BCUT2D eigenvalue weighted by Crippen LogP contribution is 2.28.